The SMILES string of the molecule is C=CC(=O)OCOC1CCC(OC(=O)C2CCC(COc3ccc(OCC4CCC(C(=O)OC5CCC(OCOC(=O)C=C)CC5)CC4)c4c3SC(C(C#N)C(=O)OCC)S4)CC2)CC1. The lowest BCUT2D eigenvalue weighted by atomic mass is 9.82. The molecule has 17 heteroatoms. The summed E-state index contributed by atoms with van der Waals surface area (Å²) in [6.45, 7) is 9.34. The Bertz CT molecular complexity index is 1730. The van der Waals surface area contributed by atoms with Crippen LogP contribution in [0.25, 0.3) is 0 Å². The molecule has 0 radical (unpaired) electrons. The third kappa shape index (κ3) is 14.9. The molecule has 6 rings (SSSR count). The molecule has 4 aliphatic carbocycles. The van der Waals surface area contributed by atoms with E-state index in [9.17, 15) is 29.2 Å². The van der Waals surface area contributed by atoms with Crippen molar-refractivity contribution in [2.45, 2.75) is 148 Å². The van der Waals surface area contributed by atoms with Crippen LogP contribution in [0.1, 0.15) is 110 Å². The Morgan fingerprint density at radius 3 is 1.40 bits per heavy atom. The number of carbonyl (C=O) groups excluding carboxylic acids is 5. The molecule has 0 amide bonds. The molecule has 0 N–H and O–H groups in total. The Labute approximate surface area is 390 Å². The third-order valence-corrected chi connectivity index (χ3v) is 15.9. The summed E-state index contributed by atoms with van der Waals surface area (Å²) in [7, 11) is 0. The second-order valence-electron chi connectivity index (χ2n) is 17.3. The molecule has 1 aromatic carbocycles. The zero-order chi connectivity index (χ0) is 46.1. The number of hydrogen-bond acceptors (Lipinski definition) is 17. The van der Waals surface area contributed by atoms with Gasteiger partial charge in [-0.25, -0.2) is 9.59 Å². The van der Waals surface area contributed by atoms with E-state index in [4.69, 9.17) is 42.6 Å². The topological polar surface area (TPSA) is 192 Å². The highest BCUT2D eigenvalue weighted by atomic mass is 32.2. The molecule has 1 atom stereocenters. The van der Waals surface area contributed by atoms with Crippen molar-refractivity contribution in [2.24, 2.45) is 29.6 Å². The maximum Gasteiger partial charge on any atom is 0.332 e. The number of rotatable bonds is 21. The van der Waals surface area contributed by atoms with Gasteiger partial charge >= 0.3 is 29.8 Å². The molecule has 15 nitrogen and oxygen atoms in total. The number of ether oxygens (including phenoxy) is 9. The van der Waals surface area contributed by atoms with Crippen LogP contribution in [-0.2, 0) is 57.1 Å². The molecule has 1 heterocycles. The maximum absolute atomic E-state index is 13.1. The summed E-state index contributed by atoms with van der Waals surface area (Å²) in [6, 6.07) is 5.96. The Hall–Kier alpha value is -4.24. The van der Waals surface area contributed by atoms with E-state index in [0.29, 0.717) is 50.4 Å². The van der Waals surface area contributed by atoms with E-state index in [1.165, 1.54) is 23.5 Å². The monoisotopic (exact) mass is 941 g/mol. The fourth-order valence-corrected chi connectivity index (χ4v) is 12.1. The number of benzene rings is 1. The summed E-state index contributed by atoms with van der Waals surface area (Å²) in [5.41, 5.74) is 0. The van der Waals surface area contributed by atoms with Crippen molar-refractivity contribution in [3.8, 4) is 17.6 Å². The summed E-state index contributed by atoms with van der Waals surface area (Å²) in [5.74, 6) is -1.35. The molecule has 4 fully saturated rings. The molecular weight excluding hydrogens is 879 g/mol. The van der Waals surface area contributed by atoms with Crippen LogP contribution >= 0.6 is 23.5 Å². The molecule has 1 aromatic rings. The minimum atomic E-state index is -0.988. The molecule has 0 spiro atoms. The van der Waals surface area contributed by atoms with Crippen molar-refractivity contribution in [3.05, 3.63) is 37.4 Å². The van der Waals surface area contributed by atoms with Crippen LogP contribution in [0.2, 0.25) is 0 Å². The fraction of sp³-hybridized carbons (Fsp3) is 0.667. The van der Waals surface area contributed by atoms with Gasteiger partial charge in [0.2, 0.25) is 0 Å². The van der Waals surface area contributed by atoms with Crippen LogP contribution in [-0.4, -0.2) is 92.3 Å². The Morgan fingerprint density at radius 2 is 1.03 bits per heavy atom. The molecule has 0 saturated heterocycles. The van der Waals surface area contributed by atoms with Crippen molar-refractivity contribution < 1.29 is 66.6 Å². The van der Waals surface area contributed by atoms with Gasteiger partial charge in [-0.1, -0.05) is 13.2 Å². The average Bonchev–Trinajstić information content (AvgIpc) is 3.77. The first kappa shape index (κ1) is 50.2. The van der Waals surface area contributed by atoms with Gasteiger partial charge in [-0.2, -0.15) is 5.26 Å². The fourth-order valence-electron chi connectivity index (χ4n) is 9.02. The quantitative estimate of drug-likeness (QED) is 0.0493. The minimum Gasteiger partial charge on any atom is -0.492 e. The first-order valence-corrected chi connectivity index (χ1v) is 24.9. The average molecular weight is 942 g/mol. The molecule has 0 aromatic heterocycles. The molecule has 4 saturated carbocycles. The van der Waals surface area contributed by atoms with E-state index in [2.05, 4.69) is 19.2 Å². The van der Waals surface area contributed by atoms with Crippen molar-refractivity contribution in [3.63, 3.8) is 0 Å². The lowest BCUT2D eigenvalue weighted by Crippen LogP contribution is -2.32. The van der Waals surface area contributed by atoms with Crippen LogP contribution in [0, 0.1) is 40.9 Å². The number of nitrogens with zero attached hydrogens (tertiary/aromatic N) is 1. The molecule has 356 valence electrons. The van der Waals surface area contributed by atoms with Gasteiger partial charge < -0.3 is 42.6 Å². The van der Waals surface area contributed by atoms with Gasteiger partial charge in [0.05, 0.1) is 64.3 Å². The van der Waals surface area contributed by atoms with Crippen LogP contribution in [0.3, 0.4) is 0 Å². The molecule has 65 heavy (non-hydrogen) atoms. The second-order valence-corrected chi connectivity index (χ2v) is 19.9. The van der Waals surface area contributed by atoms with Gasteiger partial charge in [-0.15, -0.1) is 23.5 Å². The number of fused-ring (bicyclic) bond motifs is 1. The number of nitriles is 1. The van der Waals surface area contributed by atoms with Crippen LogP contribution in [0.15, 0.2) is 47.2 Å². The maximum atomic E-state index is 13.1. The van der Waals surface area contributed by atoms with Crippen molar-refractivity contribution >= 4 is 53.4 Å². The van der Waals surface area contributed by atoms with Gasteiger partial charge in [-0.05, 0) is 134 Å². The first-order chi connectivity index (χ1) is 31.6. The number of carbonyl (C=O) groups is 5. The van der Waals surface area contributed by atoms with Gasteiger partial charge in [0.15, 0.2) is 19.5 Å². The van der Waals surface area contributed by atoms with E-state index >= 15 is 0 Å². The highest BCUT2D eigenvalue weighted by Gasteiger charge is 2.40. The minimum absolute atomic E-state index is 0.0388. The van der Waals surface area contributed by atoms with E-state index < -0.39 is 28.4 Å². The van der Waals surface area contributed by atoms with E-state index in [1.54, 1.807) is 6.92 Å². The highest BCUT2D eigenvalue weighted by Crippen LogP contribution is 2.58. The lowest BCUT2D eigenvalue weighted by Gasteiger charge is -2.31. The van der Waals surface area contributed by atoms with Crippen molar-refractivity contribution in [2.75, 3.05) is 33.4 Å². The number of esters is 5. The summed E-state index contributed by atoms with van der Waals surface area (Å²) in [6.07, 6.45) is 13.7. The highest BCUT2D eigenvalue weighted by molar-refractivity contribution is 8.19. The van der Waals surface area contributed by atoms with E-state index in [0.717, 1.165) is 99.0 Å². The largest absolute Gasteiger partial charge is 0.492 e. The van der Waals surface area contributed by atoms with E-state index in [-0.39, 0.29) is 80.2 Å². The zero-order valence-corrected chi connectivity index (χ0v) is 39.0. The van der Waals surface area contributed by atoms with Crippen molar-refractivity contribution in [1.82, 2.24) is 0 Å². The number of hydrogen-bond donors (Lipinski definition) is 0. The first-order valence-electron chi connectivity index (χ1n) is 23.1. The normalized spacial score (nSPS) is 27.9. The predicted octanol–water partition coefficient (Wildman–Crippen LogP) is 8.40. The second kappa shape index (κ2) is 25.6. The molecule has 0 bridgehead atoms. The molecule has 1 unspecified atom stereocenters. The summed E-state index contributed by atoms with van der Waals surface area (Å²) in [5, 5.41) is 10.0. The summed E-state index contributed by atoms with van der Waals surface area (Å²) >= 11 is 2.85. The van der Waals surface area contributed by atoms with Crippen LogP contribution in [0.4, 0.5) is 0 Å². The Balaban J connectivity index is 0.948. The Morgan fingerprint density at radius 1 is 0.631 bits per heavy atom. The number of thioether (sulfide) groups is 2. The lowest BCUT2D eigenvalue weighted by molar-refractivity contribution is -0.165. The van der Waals surface area contributed by atoms with Gasteiger partial charge in [0.25, 0.3) is 0 Å². The van der Waals surface area contributed by atoms with Crippen LogP contribution in [0.5, 0.6) is 11.5 Å². The van der Waals surface area contributed by atoms with Gasteiger partial charge in [0, 0.05) is 12.2 Å². The summed E-state index contributed by atoms with van der Waals surface area (Å²) < 4.78 is 50.7. The van der Waals surface area contributed by atoms with Gasteiger partial charge in [0.1, 0.15) is 23.7 Å². The molecule has 1 aliphatic heterocycles. The third-order valence-electron chi connectivity index (χ3n) is 12.9. The molecular formula is C48H63NO14S2. The van der Waals surface area contributed by atoms with Gasteiger partial charge in [-0.3, -0.25) is 14.4 Å². The zero-order valence-electron chi connectivity index (χ0n) is 37.3. The van der Waals surface area contributed by atoms with E-state index in [1.807, 2.05) is 12.1 Å². The predicted molar refractivity (Wildman–Crippen MR) is 238 cm³/mol. The Kier molecular flexibility index (Phi) is 19.8. The smallest absolute Gasteiger partial charge is 0.332 e. The standard InChI is InChI=1S/C48H63NO14S2/c1-4-41(50)60-28-58-34-15-19-36(20-16-34)62-45(52)32-11-7-30(8-12-32)26-56-39-23-24-40(44-43(39)64-48(65-44)38(25-49)47(54)55-6-3)57-27-31-9-13-33(14-10-31)46(53)63-37-21-17-35(18-22-37)59-29-61-42(51)5-2/h4-5,23-24,30-38,48H,1-2,6-22,26-29H2,3H3. The summed E-state index contributed by atoms with van der Waals surface area (Å²) in [4.78, 5) is 63.2. The van der Waals surface area contributed by atoms with Crippen molar-refractivity contribution in [1.29, 1.82) is 5.26 Å². The van der Waals surface area contributed by atoms with Crippen LogP contribution < -0.4 is 9.47 Å². The molecule has 5 aliphatic rings.